The van der Waals surface area contributed by atoms with Crippen molar-refractivity contribution in [1.29, 1.82) is 0 Å². The molecule has 19 heteroatoms. The van der Waals surface area contributed by atoms with Gasteiger partial charge in [0.2, 0.25) is 0 Å². The Morgan fingerprint density at radius 1 is 0.289 bits per heavy atom. The first-order valence-corrected chi connectivity index (χ1v) is 43.1. The predicted molar refractivity (Wildman–Crippen MR) is 395 cm³/mol. The maximum Gasteiger partial charge on any atom is 0.472 e. The quantitative estimate of drug-likeness (QED) is 0.0169. The van der Waals surface area contributed by atoms with Crippen LogP contribution in [-0.4, -0.2) is 96.7 Å². The molecule has 0 aliphatic rings. The van der Waals surface area contributed by atoms with E-state index < -0.39 is 97.5 Å². The number of rotatable bonds is 77. The largest absolute Gasteiger partial charge is 0.472 e. The van der Waals surface area contributed by atoms with Crippen molar-refractivity contribution in [2.45, 2.75) is 412 Å². The molecule has 3 N–H and O–H groups in total. The summed E-state index contributed by atoms with van der Waals surface area (Å²) in [6.07, 6.45) is 66.5. The highest BCUT2D eigenvalue weighted by atomic mass is 31.2. The summed E-state index contributed by atoms with van der Waals surface area (Å²) in [5.74, 6) is -2.15. The number of carbonyl (C=O) groups is 4. The minimum absolute atomic E-state index is 0.0847. The Morgan fingerprint density at radius 2 is 0.495 bits per heavy atom. The van der Waals surface area contributed by atoms with Gasteiger partial charge in [-0.2, -0.15) is 0 Å². The number of phosphoric ester groups is 2. The van der Waals surface area contributed by atoms with Crippen molar-refractivity contribution in [1.82, 2.24) is 0 Å². The van der Waals surface area contributed by atoms with Crippen LogP contribution in [0.3, 0.4) is 0 Å². The van der Waals surface area contributed by atoms with Gasteiger partial charge in [-0.15, -0.1) is 0 Å². The van der Waals surface area contributed by atoms with Crippen molar-refractivity contribution in [3.63, 3.8) is 0 Å². The van der Waals surface area contributed by atoms with E-state index in [1.54, 1.807) is 0 Å². The lowest BCUT2D eigenvalue weighted by Crippen LogP contribution is -2.30. The molecule has 0 amide bonds. The molecule has 0 aliphatic heterocycles. The van der Waals surface area contributed by atoms with Gasteiger partial charge in [-0.25, -0.2) is 9.13 Å². The normalized spacial score (nSPS) is 14.0. The second-order valence-electron chi connectivity index (χ2n) is 27.4. The first kappa shape index (κ1) is 94.5. The van der Waals surface area contributed by atoms with Crippen LogP contribution >= 0.6 is 15.6 Å². The Labute approximate surface area is 592 Å². The number of hydrogen-bond acceptors (Lipinski definition) is 15. The highest BCUT2D eigenvalue weighted by Gasteiger charge is 2.30. The molecule has 0 aliphatic carbocycles. The van der Waals surface area contributed by atoms with Crippen LogP contribution in [0.25, 0.3) is 0 Å². The molecule has 17 nitrogen and oxygen atoms in total. The molecule has 2 unspecified atom stereocenters. The fourth-order valence-electron chi connectivity index (χ4n) is 11.6. The van der Waals surface area contributed by atoms with Gasteiger partial charge < -0.3 is 33.8 Å². The molecule has 0 radical (unpaired) electrons. The van der Waals surface area contributed by atoms with Crippen LogP contribution in [0, 0.1) is 0 Å². The molecule has 0 aromatic carbocycles. The number of carbonyl (C=O) groups excluding carboxylic acids is 4. The van der Waals surface area contributed by atoms with Crippen LogP contribution in [0.2, 0.25) is 0 Å². The summed E-state index contributed by atoms with van der Waals surface area (Å²) in [5.41, 5.74) is 0. The van der Waals surface area contributed by atoms with Gasteiger partial charge >= 0.3 is 39.5 Å². The smallest absolute Gasteiger partial charge is 0.462 e. The highest BCUT2D eigenvalue weighted by Crippen LogP contribution is 2.45. The summed E-state index contributed by atoms with van der Waals surface area (Å²) in [6.45, 7) is 4.85. The molecule has 97 heavy (non-hydrogen) atoms. The highest BCUT2D eigenvalue weighted by molar-refractivity contribution is 7.47. The minimum atomic E-state index is -4.96. The number of esters is 4. The molecule has 0 bridgehead atoms. The van der Waals surface area contributed by atoms with Crippen LogP contribution in [0.4, 0.5) is 0 Å². The van der Waals surface area contributed by atoms with E-state index in [-0.39, 0.29) is 25.7 Å². The molecule has 572 valence electrons. The zero-order valence-electron chi connectivity index (χ0n) is 62.5. The number of hydrogen-bond donors (Lipinski definition) is 3. The van der Waals surface area contributed by atoms with Crippen molar-refractivity contribution in [2.75, 3.05) is 39.6 Å². The fraction of sp³-hybridized carbons (Fsp3) is 0.897. The zero-order chi connectivity index (χ0) is 71.1. The Balaban J connectivity index is 5.16. The van der Waals surface area contributed by atoms with Crippen LogP contribution in [0.15, 0.2) is 24.3 Å². The lowest BCUT2D eigenvalue weighted by Gasteiger charge is -2.21. The number of allylic oxidation sites excluding steroid dienone is 4. The molecule has 0 rings (SSSR count). The maximum atomic E-state index is 13.1. The van der Waals surface area contributed by atoms with E-state index in [0.717, 1.165) is 109 Å². The molecule has 0 saturated heterocycles. The Hall–Kier alpha value is -2.46. The first-order valence-electron chi connectivity index (χ1n) is 40.1. The molecular weight excluding hydrogens is 1270 g/mol. The summed E-state index contributed by atoms with van der Waals surface area (Å²) in [7, 11) is -9.91. The van der Waals surface area contributed by atoms with E-state index in [4.69, 9.17) is 37.0 Å². The van der Waals surface area contributed by atoms with Gasteiger partial charge in [0.05, 0.1) is 26.4 Å². The summed E-state index contributed by atoms with van der Waals surface area (Å²) in [5, 5.41) is 10.6. The fourth-order valence-corrected chi connectivity index (χ4v) is 13.1. The van der Waals surface area contributed by atoms with Crippen molar-refractivity contribution in [2.24, 2.45) is 0 Å². The number of aliphatic hydroxyl groups is 1. The number of phosphoric acid groups is 2. The second-order valence-corrected chi connectivity index (χ2v) is 30.3. The minimum Gasteiger partial charge on any atom is -0.462 e. The molecule has 0 saturated carbocycles. The number of ether oxygens (including phenoxy) is 4. The van der Waals surface area contributed by atoms with Crippen LogP contribution in [0.1, 0.15) is 394 Å². The van der Waals surface area contributed by atoms with E-state index in [9.17, 15) is 43.2 Å². The average molecular weight is 1420 g/mol. The first-order chi connectivity index (χ1) is 47.2. The Morgan fingerprint density at radius 3 is 0.753 bits per heavy atom. The lowest BCUT2D eigenvalue weighted by molar-refractivity contribution is -0.161. The van der Waals surface area contributed by atoms with Gasteiger partial charge in [-0.3, -0.25) is 37.3 Å². The van der Waals surface area contributed by atoms with Crippen molar-refractivity contribution >= 4 is 39.5 Å². The lowest BCUT2D eigenvalue weighted by atomic mass is 10.0. The third-order valence-corrected chi connectivity index (χ3v) is 19.6. The van der Waals surface area contributed by atoms with Gasteiger partial charge in [0.1, 0.15) is 19.3 Å². The topological polar surface area (TPSA) is 237 Å². The number of unbranched alkanes of at least 4 members (excludes halogenated alkanes) is 48. The van der Waals surface area contributed by atoms with Gasteiger partial charge in [-0.05, 0) is 51.4 Å². The Bertz CT molecular complexity index is 1940. The molecule has 0 aromatic heterocycles. The monoisotopic (exact) mass is 1420 g/mol. The second kappa shape index (κ2) is 71.9. The van der Waals surface area contributed by atoms with Gasteiger partial charge in [-0.1, -0.05) is 341 Å². The molecule has 0 heterocycles. The summed E-state index contributed by atoms with van der Waals surface area (Å²) < 4.78 is 68.3. The molecular formula is C78H148O17P2. The van der Waals surface area contributed by atoms with Gasteiger partial charge in [0.25, 0.3) is 0 Å². The zero-order valence-corrected chi connectivity index (χ0v) is 64.3. The summed E-state index contributed by atoms with van der Waals surface area (Å²) >= 11 is 0. The summed E-state index contributed by atoms with van der Waals surface area (Å²) in [6, 6.07) is 0. The molecule has 0 fully saturated rings. The molecule has 0 aromatic rings. The van der Waals surface area contributed by atoms with Crippen molar-refractivity contribution in [3.8, 4) is 0 Å². The van der Waals surface area contributed by atoms with Crippen molar-refractivity contribution in [3.05, 3.63) is 24.3 Å². The van der Waals surface area contributed by atoms with E-state index in [1.165, 1.54) is 205 Å². The van der Waals surface area contributed by atoms with Gasteiger partial charge in [0.15, 0.2) is 12.2 Å². The van der Waals surface area contributed by atoms with E-state index >= 15 is 0 Å². The maximum absolute atomic E-state index is 13.1. The predicted octanol–water partition coefficient (Wildman–Crippen LogP) is 23.0. The van der Waals surface area contributed by atoms with Crippen LogP contribution in [-0.2, 0) is 65.4 Å². The SMILES string of the molecule is CCCCCC/C=C\C=C/CCCCCCCC(=O)O[C@H](COC(=O)CCCCCCC)COP(=O)(O)OC[C@H](O)COP(=O)(O)OC[C@@H](COC(=O)CCCCCCCCCCCCCCCCCCCC)OC(=O)CCCCCCCCCCCCCCCCCCCCC. The standard InChI is InChI=1S/C78H148O17P2/c1-5-9-13-17-20-23-26-29-32-34-36-38-41-44-47-50-53-57-61-65-78(83)95-74(69-89-76(81)63-59-55-51-48-45-42-40-37-35-33-30-27-24-21-18-14-10-6-2)71-93-97(86,87)91-67-72(79)66-90-96(84,85)92-70-73(68-88-75(80)62-58-54-16-12-8-4)94-77(82)64-60-56-52-49-46-43-39-31-28-25-22-19-15-11-7-3/h25,28,31,39,72-74,79H,5-24,26-27,29-30,32-38,40-71H2,1-4H3,(H,84,85)(H,86,87)/b28-25-,39-31-/t72-,73+,74+/m0/s1. The third kappa shape index (κ3) is 71.7. The average Bonchev–Trinajstić information content (AvgIpc) is 1.58. The molecule has 0 spiro atoms. The van der Waals surface area contributed by atoms with E-state index in [0.29, 0.717) is 25.7 Å². The number of aliphatic hydroxyl groups excluding tert-OH is 1. The van der Waals surface area contributed by atoms with Gasteiger partial charge in [0, 0.05) is 25.7 Å². The van der Waals surface area contributed by atoms with Crippen molar-refractivity contribution < 1.29 is 80.2 Å². The van der Waals surface area contributed by atoms with E-state index in [2.05, 4.69) is 52.0 Å². The Kier molecular flexibility index (Phi) is 70.1. The van der Waals surface area contributed by atoms with Crippen LogP contribution in [0.5, 0.6) is 0 Å². The summed E-state index contributed by atoms with van der Waals surface area (Å²) in [4.78, 5) is 72.6. The molecule has 5 atom stereocenters. The van der Waals surface area contributed by atoms with E-state index in [1.807, 2.05) is 0 Å². The van der Waals surface area contributed by atoms with Crippen LogP contribution < -0.4 is 0 Å². The third-order valence-electron chi connectivity index (χ3n) is 17.7.